The number of carbonyl (C=O) groups excluding carboxylic acids is 2. The van der Waals surface area contributed by atoms with Crippen LogP contribution in [-0.4, -0.2) is 73.2 Å². The molecule has 0 saturated heterocycles. The van der Waals surface area contributed by atoms with Crippen molar-refractivity contribution in [3.63, 3.8) is 0 Å². The molecule has 9 heteroatoms. The largest absolute Gasteiger partial charge is 0.480 e. The molecule has 31 heavy (non-hydrogen) atoms. The number of benzene rings is 2. The Labute approximate surface area is 186 Å². The van der Waals surface area contributed by atoms with Crippen LogP contribution in [0.2, 0.25) is 5.02 Å². The molecule has 166 valence electrons. The van der Waals surface area contributed by atoms with Gasteiger partial charge < -0.3 is 25.0 Å². The number of halogens is 1. The maximum absolute atomic E-state index is 12.4. The van der Waals surface area contributed by atoms with Gasteiger partial charge in [-0.3, -0.25) is 4.79 Å². The minimum Gasteiger partial charge on any atom is -0.480 e. The van der Waals surface area contributed by atoms with Crippen LogP contribution in [0.3, 0.4) is 0 Å². The number of carbonyl (C=O) groups is 3. The first-order valence-corrected chi connectivity index (χ1v) is 10.00. The van der Waals surface area contributed by atoms with E-state index in [1.807, 2.05) is 19.0 Å². The maximum atomic E-state index is 12.4. The van der Waals surface area contributed by atoms with E-state index in [9.17, 15) is 19.5 Å². The van der Waals surface area contributed by atoms with Crippen LogP contribution in [0.4, 0.5) is 4.79 Å². The molecule has 0 aliphatic carbocycles. The first-order chi connectivity index (χ1) is 14.7. The Morgan fingerprint density at radius 3 is 2.26 bits per heavy atom. The number of carboxylic acid groups (broad SMARTS) is 1. The molecule has 2 N–H and O–H groups in total. The Bertz CT molecular complexity index is 918. The van der Waals surface area contributed by atoms with Crippen molar-refractivity contribution in [1.29, 1.82) is 0 Å². The van der Waals surface area contributed by atoms with Crippen molar-refractivity contribution >= 4 is 29.6 Å². The van der Waals surface area contributed by atoms with Crippen molar-refractivity contribution in [3.05, 3.63) is 64.7 Å². The number of ether oxygens (including phenoxy) is 1. The standard InChI is InChI=1S/C22H26ClN3O5/c1-25(2)12-13-26(3)22(30)31-16-10-8-15(9-11-16)14-19(21(28)29)24-20(27)17-6-4-5-7-18(17)23/h4-11,19H,12-14H2,1-3H3,(H,24,27)(H,28,29)/t19-/m0/s1. The zero-order chi connectivity index (χ0) is 23.0. The molecule has 0 heterocycles. The van der Waals surface area contributed by atoms with Crippen LogP contribution in [0.15, 0.2) is 48.5 Å². The summed E-state index contributed by atoms with van der Waals surface area (Å²) in [5, 5.41) is 12.2. The third-order valence-corrected chi connectivity index (χ3v) is 4.81. The molecular formula is C22H26ClN3O5. The number of nitrogens with one attached hydrogen (secondary N) is 1. The molecule has 2 amide bonds. The van der Waals surface area contributed by atoms with Crippen LogP contribution in [0.1, 0.15) is 15.9 Å². The van der Waals surface area contributed by atoms with Gasteiger partial charge in [-0.15, -0.1) is 0 Å². The van der Waals surface area contributed by atoms with E-state index in [4.69, 9.17) is 16.3 Å². The highest BCUT2D eigenvalue weighted by Crippen LogP contribution is 2.17. The Hall–Kier alpha value is -3.10. The average Bonchev–Trinajstić information content (AvgIpc) is 2.72. The highest BCUT2D eigenvalue weighted by Gasteiger charge is 2.22. The van der Waals surface area contributed by atoms with E-state index in [1.165, 1.54) is 11.0 Å². The quantitative estimate of drug-likeness (QED) is 0.613. The first-order valence-electron chi connectivity index (χ1n) is 9.62. The van der Waals surface area contributed by atoms with E-state index < -0.39 is 24.0 Å². The third-order valence-electron chi connectivity index (χ3n) is 4.48. The summed E-state index contributed by atoms with van der Waals surface area (Å²) < 4.78 is 5.32. The van der Waals surface area contributed by atoms with Crippen LogP contribution < -0.4 is 10.1 Å². The van der Waals surface area contributed by atoms with E-state index in [-0.39, 0.29) is 17.0 Å². The Kier molecular flexibility index (Phi) is 8.84. The predicted molar refractivity (Wildman–Crippen MR) is 118 cm³/mol. The summed E-state index contributed by atoms with van der Waals surface area (Å²) in [4.78, 5) is 39.5. The van der Waals surface area contributed by atoms with Crippen LogP contribution in [-0.2, 0) is 11.2 Å². The normalized spacial score (nSPS) is 11.6. The summed E-state index contributed by atoms with van der Waals surface area (Å²) in [6.45, 7) is 1.23. The van der Waals surface area contributed by atoms with E-state index in [1.54, 1.807) is 49.5 Å². The second-order valence-corrected chi connectivity index (χ2v) is 7.69. The average molecular weight is 448 g/mol. The molecule has 0 bridgehead atoms. The SMILES string of the molecule is CN(C)CCN(C)C(=O)Oc1ccc(C[C@H](NC(=O)c2ccccc2Cl)C(=O)O)cc1. The lowest BCUT2D eigenvalue weighted by Gasteiger charge is -2.19. The van der Waals surface area contributed by atoms with Gasteiger partial charge in [0, 0.05) is 26.6 Å². The van der Waals surface area contributed by atoms with Gasteiger partial charge in [-0.1, -0.05) is 35.9 Å². The van der Waals surface area contributed by atoms with Gasteiger partial charge in [-0.05, 0) is 43.9 Å². The number of hydrogen-bond acceptors (Lipinski definition) is 5. The summed E-state index contributed by atoms with van der Waals surface area (Å²) in [5.74, 6) is -1.39. The Morgan fingerprint density at radius 1 is 1.03 bits per heavy atom. The second-order valence-electron chi connectivity index (χ2n) is 7.29. The first kappa shape index (κ1) is 24.2. The number of rotatable bonds is 9. The van der Waals surface area contributed by atoms with Gasteiger partial charge in [0.1, 0.15) is 11.8 Å². The highest BCUT2D eigenvalue weighted by molar-refractivity contribution is 6.33. The van der Waals surface area contributed by atoms with Crippen molar-refractivity contribution in [1.82, 2.24) is 15.1 Å². The molecule has 0 saturated carbocycles. The molecule has 2 rings (SSSR count). The van der Waals surface area contributed by atoms with Gasteiger partial charge in [0.15, 0.2) is 0 Å². The van der Waals surface area contributed by atoms with Crippen molar-refractivity contribution in [2.75, 3.05) is 34.2 Å². The van der Waals surface area contributed by atoms with Crippen molar-refractivity contribution in [2.45, 2.75) is 12.5 Å². The molecule has 2 aromatic carbocycles. The molecule has 0 aromatic heterocycles. The smallest absolute Gasteiger partial charge is 0.415 e. The van der Waals surface area contributed by atoms with Gasteiger partial charge in [-0.2, -0.15) is 0 Å². The van der Waals surface area contributed by atoms with Crippen molar-refractivity contribution in [3.8, 4) is 5.75 Å². The zero-order valence-electron chi connectivity index (χ0n) is 17.7. The number of carboxylic acids is 1. The molecule has 8 nitrogen and oxygen atoms in total. The van der Waals surface area contributed by atoms with E-state index in [0.29, 0.717) is 24.4 Å². The van der Waals surface area contributed by atoms with Gasteiger partial charge in [0.2, 0.25) is 0 Å². The number of amides is 2. The lowest BCUT2D eigenvalue weighted by Crippen LogP contribution is -2.42. The summed E-state index contributed by atoms with van der Waals surface area (Å²) >= 11 is 6.00. The summed E-state index contributed by atoms with van der Waals surface area (Å²) in [6.07, 6.45) is -0.423. The number of likely N-dealkylation sites (N-methyl/N-ethyl adjacent to an activating group) is 2. The van der Waals surface area contributed by atoms with Crippen molar-refractivity contribution < 1.29 is 24.2 Å². The molecule has 0 spiro atoms. The molecule has 0 aliphatic rings. The second kappa shape index (κ2) is 11.3. The monoisotopic (exact) mass is 447 g/mol. The fourth-order valence-corrected chi connectivity index (χ4v) is 2.85. The zero-order valence-corrected chi connectivity index (χ0v) is 18.4. The molecule has 0 unspecified atom stereocenters. The summed E-state index contributed by atoms with van der Waals surface area (Å²) in [5.41, 5.74) is 0.865. The molecular weight excluding hydrogens is 422 g/mol. The van der Waals surface area contributed by atoms with Gasteiger partial charge in [0.25, 0.3) is 5.91 Å². The van der Waals surface area contributed by atoms with E-state index in [2.05, 4.69) is 5.32 Å². The molecule has 0 fully saturated rings. The molecule has 1 atom stereocenters. The number of hydrogen-bond donors (Lipinski definition) is 2. The van der Waals surface area contributed by atoms with E-state index >= 15 is 0 Å². The fourth-order valence-electron chi connectivity index (χ4n) is 2.63. The van der Waals surface area contributed by atoms with E-state index in [0.717, 1.165) is 0 Å². The summed E-state index contributed by atoms with van der Waals surface area (Å²) in [7, 11) is 5.48. The molecule has 0 aliphatic heterocycles. The lowest BCUT2D eigenvalue weighted by molar-refractivity contribution is -0.139. The molecule has 0 radical (unpaired) electrons. The van der Waals surface area contributed by atoms with Gasteiger partial charge in [-0.25, -0.2) is 9.59 Å². The Balaban J connectivity index is 1.97. The van der Waals surface area contributed by atoms with Crippen LogP contribution >= 0.6 is 11.6 Å². The lowest BCUT2D eigenvalue weighted by atomic mass is 10.1. The number of nitrogens with zero attached hydrogens (tertiary/aromatic N) is 2. The highest BCUT2D eigenvalue weighted by atomic mass is 35.5. The topological polar surface area (TPSA) is 99.2 Å². The third kappa shape index (κ3) is 7.58. The Morgan fingerprint density at radius 2 is 1.68 bits per heavy atom. The minimum atomic E-state index is -1.17. The van der Waals surface area contributed by atoms with Crippen molar-refractivity contribution in [2.24, 2.45) is 0 Å². The maximum Gasteiger partial charge on any atom is 0.415 e. The van der Waals surface area contributed by atoms with Gasteiger partial charge >= 0.3 is 12.1 Å². The minimum absolute atomic E-state index is 0.0580. The summed E-state index contributed by atoms with van der Waals surface area (Å²) in [6, 6.07) is 11.7. The molecule has 2 aromatic rings. The van der Waals surface area contributed by atoms with Crippen LogP contribution in [0.25, 0.3) is 0 Å². The number of aliphatic carboxylic acids is 1. The fraction of sp³-hybridized carbons (Fsp3) is 0.318. The van der Waals surface area contributed by atoms with Crippen LogP contribution in [0.5, 0.6) is 5.75 Å². The predicted octanol–water partition coefficient (Wildman–Crippen LogP) is 2.76. The van der Waals surface area contributed by atoms with Gasteiger partial charge in [0.05, 0.1) is 10.6 Å². The van der Waals surface area contributed by atoms with Crippen LogP contribution in [0, 0.1) is 0 Å².